The number of methoxy groups -OCH3 is 2. The van der Waals surface area contributed by atoms with Crippen molar-refractivity contribution in [1.82, 2.24) is 0 Å². The van der Waals surface area contributed by atoms with Gasteiger partial charge in [0.15, 0.2) is 0 Å². The van der Waals surface area contributed by atoms with Crippen LogP contribution < -0.4 is 9.47 Å². The molecule has 0 saturated heterocycles. The van der Waals surface area contributed by atoms with Crippen molar-refractivity contribution in [3.05, 3.63) is 23.8 Å². The topological polar surface area (TPSA) is 52.6 Å². The fourth-order valence-corrected chi connectivity index (χ4v) is 1.84. The number of ether oxygens (including phenoxy) is 2. The Labute approximate surface area is 107 Å². The van der Waals surface area contributed by atoms with Crippen LogP contribution in [-0.4, -0.2) is 25.8 Å². The fourth-order valence-electron chi connectivity index (χ4n) is 1.84. The third kappa shape index (κ3) is 3.32. The number of carbonyl (C=O) groups is 2. The Kier molecular flexibility index (Phi) is 4.89. The highest BCUT2D eigenvalue weighted by atomic mass is 16.5. The van der Waals surface area contributed by atoms with Gasteiger partial charge in [-0.2, -0.15) is 0 Å². The second-order valence-electron chi connectivity index (χ2n) is 4.16. The zero-order valence-corrected chi connectivity index (χ0v) is 11.1. The third-order valence-electron chi connectivity index (χ3n) is 2.89. The van der Waals surface area contributed by atoms with Crippen molar-refractivity contribution in [3.63, 3.8) is 0 Å². The molecule has 0 amide bonds. The first-order valence-electron chi connectivity index (χ1n) is 5.71. The average molecular weight is 250 g/mol. The first-order valence-corrected chi connectivity index (χ1v) is 5.71. The lowest BCUT2D eigenvalue weighted by atomic mass is 9.92. The van der Waals surface area contributed by atoms with Gasteiger partial charge in [-0.25, -0.2) is 0 Å². The summed E-state index contributed by atoms with van der Waals surface area (Å²) in [5.74, 6) is 0.450. The van der Waals surface area contributed by atoms with Crippen molar-refractivity contribution in [1.29, 1.82) is 0 Å². The quantitative estimate of drug-likeness (QED) is 0.725. The van der Waals surface area contributed by atoms with E-state index in [1.165, 1.54) is 13.8 Å². The number of hydrogen-bond acceptors (Lipinski definition) is 4. The molecule has 1 aromatic carbocycles. The van der Waals surface area contributed by atoms with E-state index in [9.17, 15) is 9.59 Å². The van der Waals surface area contributed by atoms with E-state index in [4.69, 9.17) is 9.47 Å². The second kappa shape index (κ2) is 6.19. The molecule has 0 radical (unpaired) electrons. The van der Waals surface area contributed by atoms with Gasteiger partial charge in [-0.15, -0.1) is 0 Å². The molecule has 0 aliphatic heterocycles. The van der Waals surface area contributed by atoms with Crippen LogP contribution in [0, 0.1) is 5.92 Å². The standard InChI is InChI=1S/C14H18O4/c1-9(15)13(10(2)16)8-11-7-12(17-3)5-6-14(11)18-4/h5-7,13H,8H2,1-4H3. The third-order valence-corrected chi connectivity index (χ3v) is 2.89. The summed E-state index contributed by atoms with van der Waals surface area (Å²) in [6, 6.07) is 5.34. The maximum atomic E-state index is 11.5. The molecule has 1 aromatic rings. The summed E-state index contributed by atoms with van der Waals surface area (Å²) in [5, 5.41) is 0. The summed E-state index contributed by atoms with van der Waals surface area (Å²) in [6.07, 6.45) is 0.338. The molecule has 0 bridgehead atoms. The Balaban J connectivity index is 3.06. The molecule has 0 N–H and O–H groups in total. The smallest absolute Gasteiger partial charge is 0.140 e. The zero-order chi connectivity index (χ0) is 13.7. The molecule has 0 heterocycles. The van der Waals surface area contributed by atoms with Gasteiger partial charge in [0.2, 0.25) is 0 Å². The van der Waals surface area contributed by atoms with Crippen LogP contribution in [-0.2, 0) is 16.0 Å². The van der Waals surface area contributed by atoms with Crippen molar-refractivity contribution in [2.24, 2.45) is 5.92 Å². The van der Waals surface area contributed by atoms with E-state index in [0.29, 0.717) is 17.9 Å². The lowest BCUT2D eigenvalue weighted by Crippen LogP contribution is -2.22. The summed E-state index contributed by atoms with van der Waals surface area (Å²) in [7, 11) is 3.13. The Morgan fingerprint density at radius 1 is 1.11 bits per heavy atom. The van der Waals surface area contributed by atoms with Gasteiger partial charge in [0.25, 0.3) is 0 Å². The van der Waals surface area contributed by atoms with Gasteiger partial charge >= 0.3 is 0 Å². The molecule has 0 fully saturated rings. The fraction of sp³-hybridized carbons (Fsp3) is 0.429. The maximum absolute atomic E-state index is 11.5. The predicted molar refractivity (Wildman–Crippen MR) is 68.1 cm³/mol. The number of carbonyl (C=O) groups excluding carboxylic acids is 2. The van der Waals surface area contributed by atoms with E-state index in [2.05, 4.69) is 0 Å². The van der Waals surface area contributed by atoms with E-state index in [1.807, 2.05) is 0 Å². The summed E-state index contributed by atoms with van der Waals surface area (Å²) in [6.45, 7) is 2.86. The van der Waals surface area contributed by atoms with Crippen molar-refractivity contribution >= 4 is 11.6 Å². The highest BCUT2D eigenvalue weighted by Gasteiger charge is 2.21. The van der Waals surface area contributed by atoms with Gasteiger partial charge in [0.1, 0.15) is 23.1 Å². The van der Waals surface area contributed by atoms with Crippen LogP contribution in [0.1, 0.15) is 19.4 Å². The van der Waals surface area contributed by atoms with Crippen LogP contribution in [0.25, 0.3) is 0 Å². The summed E-state index contributed by atoms with van der Waals surface area (Å²) < 4.78 is 10.4. The monoisotopic (exact) mass is 250 g/mol. The number of ketones is 2. The predicted octanol–water partition coefficient (Wildman–Crippen LogP) is 2.04. The van der Waals surface area contributed by atoms with Crippen molar-refractivity contribution < 1.29 is 19.1 Å². The van der Waals surface area contributed by atoms with Gasteiger partial charge in [-0.05, 0) is 44.0 Å². The molecule has 0 aromatic heterocycles. The lowest BCUT2D eigenvalue weighted by molar-refractivity contribution is -0.130. The molecule has 0 unspecified atom stereocenters. The summed E-state index contributed by atoms with van der Waals surface area (Å²) in [4.78, 5) is 22.9. The molecule has 18 heavy (non-hydrogen) atoms. The van der Waals surface area contributed by atoms with E-state index in [0.717, 1.165) is 5.56 Å². The van der Waals surface area contributed by atoms with Crippen LogP contribution >= 0.6 is 0 Å². The van der Waals surface area contributed by atoms with Crippen LogP contribution in [0.15, 0.2) is 18.2 Å². The first-order chi connectivity index (χ1) is 8.49. The van der Waals surface area contributed by atoms with Crippen molar-refractivity contribution in [2.75, 3.05) is 14.2 Å². The molecular formula is C14H18O4. The molecule has 0 aliphatic carbocycles. The number of hydrogen-bond donors (Lipinski definition) is 0. The van der Waals surface area contributed by atoms with Crippen molar-refractivity contribution in [3.8, 4) is 11.5 Å². The van der Waals surface area contributed by atoms with E-state index in [1.54, 1.807) is 32.4 Å². The van der Waals surface area contributed by atoms with Crippen LogP contribution in [0.3, 0.4) is 0 Å². The molecule has 98 valence electrons. The van der Waals surface area contributed by atoms with Crippen LogP contribution in [0.4, 0.5) is 0 Å². The lowest BCUT2D eigenvalue weighted by Gasteiger charge is -2.14. The summed E-state index contributed by atoms with van der Waals surface area (Å²) in [5.41, 5.74) is 0.798. The van der Waals surface area contributed by atoms with Crippen LogP contribution in [0.2, 0.25) is 0 Å². The van der Waals surface area contributed by atoms with Gasteiger partial charge in [-0.1, -0.05) is 0 Å². The molecule has 0 spiro atoms. The van der Waals surface area contributed by atoms with Gasteiger partial charge < -0.3 is 9.47 Å². The van der Waals surface area contributed by atoms with E-state index >= 15 is 0 Å². The molecule has 0 saturated carbocycles. The van der Waals surface area contributed by atoms with Gasteiger partial charge in [0.05, 0.1) is 20.1 Å². The van der Waals surface area contributed by atoms with Crippen LogP contribution in [0.5, 0.6) is 11.5 Å². The number of Topliss-reactive ketones (excluding diaryl/α,β-unsaturated/α-hetero) is 2. The molecule has 4 heteroatoms. The normalized spacial score (nSPS) is 10.3. The average Bonchev–Trinajstić information content (AvgIpc) is 2.34. The highest BCUT2D eigenvalue weighted by molar-refractivity contribution is 6.00. The molecule has 0 atom stereocenters. The number of benzene rings is 1. The first kappa shape index (κ1) is 14.2. The SMILES string of the molecule is COc1ccc(OC)c(CC(C(C)=O)C(C)=O)c1. The maximum Gasteiger partial charge on any atom is 0.140 e. The molecule has 0 aliphatic rings. The van der Waals surface area contributed by atoms with Gasteiger partial charge in [-0.3, -0.25) is 9.59 Å². The number of rotatable bonds is 6. The van der Waals surface area contributed by atoms with Crippen molar-refractivity contribution in [2.45, 2.75) is 20.3 Å². The minimum atomic E-state index is -0.619. The zero-order valence-electron chi connectivity index (χ0n) is 11.1. The van der Waals surface area contributed by atoms with E-state index < -0.39 is 5.92 Å². The Hall–Kier alpha value is -1.84. The Bertz CT molecular complexity index is 437. The minimum absolute atomic E-state index is 0.132. The molecule has 1 rings (SSSR count). The van der Waals surface area contributed by atoms with Gasteiger partial charge in [0, 0.05) is 0 Å². The highest BCUT2D eigenvalue weighted by Crippen LogP contribution is 2.26. The molecular weight excluding hydrogens is 232 g/mol. The molecule has 4 nitrogen and oxygen atoms in total. The largest absolute Gasteiger partial charge is 0.497 e. The van der Waals surface area contributed by atoms with E-state index in [-0.39, 0.29) is 11.6 Å². The Morgan fingerprint density at radius 3 is 2.17 bits per heavy atom. The Morgan fingerprint density at radius 2 is 1.72 bits per heavy atom. The minimum Gasteiger partial charge on any atom is -0.497 e. The summed E-state index contributed by atoms with van der Waals surface area (Å²) >= 11 is 0. The second-order valence-corrected chi connectivity index (χ2v) is 4.16.